The Balaban J connectivity index is 4.69. The van der Waals surface area contributed by atoms with E-state index in [1.807, 2.05) is 6.92 Å². The van der Waals surface area contributed by atoms with Gasteiger partial charge < -0.3 is 10.8 Å². The molecule has 2 atom stereocenters. The van der Waals surface area contributed by atoms with E-state index < -0.39 is 26.1 Å². The zero-order valence-electron chi connectivity index (χ0n) is 10.9. The molecule has 0 spiro atoms. The third-order valence-electron chi connectivity index (χ3n) is 3.35. The first kappa shape index (κ1) is 15.9. The van der Waals surface area contributed by atoms with Crippen molar-refractivity contribution in [2.75, 3.05) is 12.3 Å². The topological polar surface area (TPSA) is 80.4 Å². The first-order valence-corrected chi connectivity index (χ1v) is 7.22. The second-order valence-corrected chi connectivity index (χ2v) is 8.58. The molecule has 3 N–H and O–H groups in total. The zero-order chi connectivity index (χ0) is 13.2. The summed E-state index contributed by atoms with van der Waals surface area (Å²) in [7, 11) is -3.14. The number of nitrogens with two attached hydrogens (primary N) is 1. The molecule has 0 aromatic carbocycles. The van der Waals surface area contributed by atoms with E-state index in [4.69, 9.17) is 5.73 Å². The first-order chi connectivity index (χ1) is 6.96. The third-order valence-corrected chi connectivity index (χ3v) is 5.96. The molecule has 5 heteroatoms. The molecule has 98 valence electrons. The van der Waals surface area contributed by atoms with Crippen LogP contribution >= 0.6 is 0 Å². The maximum absolute atomic E-state index is 11.9. The molecule has 0 saturated carbocycles. The van der Waals surface area contributed by atoms with Crippen LogP contribution < -0.4 is 5.73 Å². The van der Waals surface area contributed by atoms with Gasteiger partial charge in [-0.1, -0.05) is 6.92 Å². The molecule has 0 aliphatic carbocycles. The molecule has 0 aromatic heterocycles. The molecule has 0 heterocycles. The van der Waals surface area contributed by atoms with Crippen molar-refractivity contribution >= 4 is 9.84 Å². The van der Waals surface area contributed by atoms with E-state index >= 15 is 0 Å². The van der Waals surface area contributed by atoms with Gasteiger partial charge in [0.1, 0.15) is 0 Å². The first-order valence-electron chi connectivity index (χ1n) is 5.57. The lowest BCUT2D eigenvalue weighted by Gasteiger charge is -2.32. The summed E-state index contributed by atoms with van der Waals surface area (Å²) in [5.74, 6) is 0.0646. The number of sulfone groups is 1. The number of rotatable bonds is 5. The molecular weight excluding hydrogens is 226 g/mol. The summed E-state index contributed by atoms with van der Waals surface area (Å²) >= 11 is 0. The number of aliphatic hydroxyl groups excluding tert-OH is 1. The molecule has 2 unspecified atom stereocenters. The normalized spacial score (nSPS) is 19.2. The highest BCUT2D eigenvalue weighted by molar-refractivity contribution is 7.92. The van der Waals surface area contributed by atoms with Gasteiger partial charge in [-0.2, -0.15) is 0 Å². The maximum atomic E-state index is 11.9. The highest BCUT2D eigenvalue weighted by atomic mass is 32.2. The minimum Gasteiger partial charge on any atom is -0.393 e. The highest BCUT2D eigenvalue weighted by Gasteiger charge is 2.34. The highest BCUT2D eigenvalue weighted by Crippen LogP contribution is 2.27. The van der Waals surface area contributed by atoms with Crippen LogP contribution in [0.5, 0.6) is 0 Å². The van der Waals surface area contributed by atoms with Crippen molar-refractivity contribution in [2.45, 2.75) is 51.9 Å². The van der Waals surface area contributed by atoms with Gasteiger partial charge in [-0.05, 0) is 34.1 Å². The molecule has 0 aromatic rings. The molecule has 0 amide bonds. The van der Waals surface area contributed by atoms with E-state index in [-0.39, 0.29) is 12.3 Å². The van der Waals surface area contributed by atoms with Crippen LogP contribution in [0.1, 0.15) is 41.0 Å². The van der Waals surface area contributed by atoms with Crippen molar-refractivity contribution in [3.63, 3.8) is 0 Å². The lowest BCUT2D eigenvalue weighted by molar-refractivity contribution is 0.0563. The van der Waals surface area contributed by atoms with Crippen molar-refractivity contribution in [1.82, 2.24) is 0 Å². The molecule has 0 fully saturated rings. The van der Waals surface area contributed by atoms with Crippen molar-refractivity contribution < 1.29 is 13.5 Å². The fourth-order valence-electron chi connectivity index (χ4n) is 1.16. The Morgan fingerprint density at radius 1 is 1.25 bits per heavy atom. The summed E-state index contributed by atoms with van der Waals surface area (Å²) in [6.07, 6.45) is -0.214. The van der Waals surface area contributed by atoms with Crippen LogP contribution in [-0.2, 0) is 9.84 Å². The van der Waals surface area contributed by atoms with E-state index in [2.05, 4.69) is 0 Å². The Bertz CT molecular complexity index is 317. The Labute approximate surface area is 99.1 Å². The van der Waals surface area contributed by atoms with Gasteiger partial charge in [0.15, 0.2) is 9.84 Å². The molecule has 0 bridgehead atoms. The Morgan fingerprint density at radius 2 is 1.69 bits per heavy atom. The second kappa shape index (κ2) is 5.02. The predicted octanol–water partition coefficient (Wildman–Crippen LogP) is 0.936. The second-order valence-electron chi connectivity index (χ2n) is 5.72. The fourth-order valence-corrected chi connectivity index (χ4v) is 2.50. The van der Waals surface area contributed by atoms with Crippen molar-refractivity contribution in [3.05, 3.63) is 0 Å². The van der Waals surface area contributed by atoms with Crippen LogP contribution in [0, 0.1) is 5.41 Å². The van der Waals surface area contributed by atoms with Crippen LogP contribution in [0.4, 0.5) is 0 Å². The number of hydrogen-bond acceptors (Lipinski definition) is 4. The van der Waals surface area contributed by atoms with Crippen LogP contribution in [0.2, 0.25) is 0 Å². The molecule has 16 heavy (non-hydrogen) atoms. The Kier molecular flexibility index (Phi) is 4.98. The largest absolute Gasteiger partial charge is 0.393 e. The Morgan fingerprint density at radius 3 is 1.94 bits per heavy atom. The summed E-state index contributed by atoms with van der Waals surface area (Å²) in [5.41, 5.74) is 5.06. The van der Waals surface area contributed by atoms with Gasteiger partial charge in [-0.25, -0.2) is 8.42 Å². The molecular formula is C11H25NO3S. The lowest BCUT2D eigenvalue weighted by atomic mass is 9.82. The van der Waals surface area contributed by atoms with E-state index in [9.17, 15) is 13.5 Å². The smallest absolute Gasteiger partial charge is 0.155 e. The minimum atomic E-state index is -3.14. The van der Waals surface area contributed by atoms with E-state index in [1.54, 1.807) is 27.7 Å². The molecule has 0 rings (SSSR count). The predicted molar refractivity (Wildman–Crippen MR) is 67.0 cm³/mol. The van der Waals surface area contributed by atoms with Crippen LogP contribution in [0.3, 0.4) is 0 Å². The van der Waals surface area contributed by atoms with Crippen LogP contribution in [-0.4, -0.2) is 36.7 Å². The summed E-state index contributed by atoms with van der Waals surface area (Å²) in [4.78, 5) is 0. The molecule has 0 saturated heterocycles. The standard InChI is InChI=1S/C11H25NO3S/c1-9(13)11(5,8-12)6-7-16(14,15)10(2,3)4/h9,13H,6-8,12H2,1-5H3. The SMILES string of the molecule is CC(O)C(C)(CN)CCS(=O)(=O)C(C)(C)C. The van der Waals surface area contributed by atoms with Crippen molar-refractivity contribution in [3.8, 4) is 0 Å². The number of aliphatic hydroxyl groups is 1. The average molecular weight is 251 g/mol. The number of hydrogen-bond donors (Lipinski definition) is 2. The summed E-state index contributed by atoms with van der Waals surface area (Å²) in [6.45, 7) is 8.80. The quantitative estimate of drug-likeness (QED) is 0.762. The van der Waals surface area contributed by atoms with Crippen molar-refractivity contribution in [2.24, 2.45) is 11.1 Å². The van der Waals surface area contributed by atoms with E-state index in [0.29, 0.717) is 6.42 Å². The van der Waals surface area contributed by atoms with Gasteiger partial charge in [-0.3, -0.25) is 0 Å². The van der Waals surface area contributed by atoms with Gasteiger partial charge >= 0.3 is 0 Å². The van der Waals surface area contributed by atoms with E-state index in [0.717, 1.165) is 0 Å². The van der Waals surface area contributed by atoms with E-state index in [1.165, 1.54) is 0 Å². The molecule has 4 nitrogen and oxygen atoms in total. The fraction of sp³-hybridized carbons (Fsp3) is 1.00. The minimum absolute atomic E-state index is 0.0646. The molecule has 0 aliphatic heterocycles. The van der Waals surface area contributed by atoms with Gasteiger partial charge in [0.05, 0.1) is 16.6 Å². The average Bonchev–Trinajstić information content (AvgIpc) is 2.12. The summed E-state index contributed by atoms with van der Waals surface area (Å²) in [5, 5.41) is 9.60. The monoisotopic (exact) mass is 251 g/mol. The Hall–Kier alpha value is -0.130. The van der Waals surface area contributed by atoms with Gasteiger partial charge in [-0.15, -0.1) is 0 Å². The molecule has 0 radical (unpaired) electrons. The maximum Gasteiger partial charge on any atom is 0.155 e. The van der Waals surface area contributed by atoms with Gasteiger partial charge in [0, 0.05) is 12.0 Å². The zero-order valence-corrected chi connectivity index (χ0v) is 11.8. The molecule has 0 aliphatic rings. The van der Waals surface area contributed by atoms with Crippen LogP contribution in [0.15, 0.2) is 0 Å². The summed E-state index contributed by atoms with van der Waals surface area (Å²) in [6, 6.07) is 0. The van der Waals surface area contributed by atoms with Gasteiger partial charge in [0.25, 0.3) is 0 Å². The summed E-state index contributed by atoms with van der Waals surface area (Å²) < 4.78 is 23.1. The lowest BCUT2D eigenvalue weighted by Crippen LogP contribution is -2.41. The third kappa shape index (κ3) is 3.71. The van der Waals surface area contributed by atoms with Crippen LogP contribution in [0.25, 0.3) is 0 Å². The van der Waals surface area contributed by atoms with Gasteiger partial charge in [0.2, 0.25) is 0 Å². The van der Waals surface area contributed by atoms with Crippen molar-refractivity contribution in [1.29, 1.82) is 0 Å².